The fourth-order valence-electron chi connectivity index (χ4n) is 6.12. The number of aliphatic hydroxyl groups is 2. The first kappa shape index (κ1) is 73.0. The number of aryl methyl sites for hydroxylation is 1. The largest absolute Gasteiger partial charge is 0.478 e. The smallest absolute Gasteiger partial charge is 0.341 e. The fourth-order valence-corrected chi connectivity index (χ4v) is 7.10. The highest BCUT2D eigenvalue weighted by molar-refractivity contribution is 6.33. The number of pyridine rings is 5. The molecule has 5 aromatic heterocycles. The maximum absolute atomic E-state index is 12.9. The van der Waals surface area contributed by atoms with Crippen LogP contribution < -0.4 is 0 Å². The van der Waals surface area contributed by atoms with E-state index in [4.69, 9.17) is 58.0 Å². The molecule has 0 radical (unpaired) electrons. The predicted molar refractivity (Wildman–Crippen MR) is 300 cm³/mol. The number of methoxy groups -OCH3 is 2. The van der Waals surface area contributed by atoms with Crippen LogP contribution in [0.2, 0.25) is 20.6 Å². The van der Waals surface area contributed by atoms with Gasteiger partial charge in [-0.2, -0.15) is 0 Å². The van der Waals surface area contributed by atoms with E-state index in [1.807, 2.05) is 56.1 Å². The third-order valence-corrected chi connectivity index (χ3v) is 11.2. The maximum atomic E-state index is 12.9. The van der Waals surface area contributed by atoms with Crippen molar-refractivity contribution < 1.29 is 76.1 Å². The van der Waals surface area contributed by atoms with E-state index < -0.39 is 42.9 Å². The molecule has 1 aliphatic heterocycles. The third-order valence-electron chi connectivity index (χ3n) is 10.0. The number of aromatic carboxylic acids is 1. The Morgan fingerprint density at radius 1 is 0.671 bits per heavy atom. The normalized spacial score (nSPS) is 11.2. The van der Waals surface area contributed by atoms with Gasteiger partial charge in [-0.05, 0) is 73.5 Å². The van der Waals surface area contributed by atoms with Crippen LogP contribution in [0.4, 0.5) is 30.7 Å². The van der Waals surface area contributed by atoms with E-state index in [-0.39, 0.29) is 67.8 Å². The number of carboxylic acids is 1. The number of aliphatic hydroxyl groups excluding tert-OH is 2. The molecule has 1 fully saturated rings. The van der Waals surface area contributed by atoms with Crippen LogP contribution in [0.3, 0.4) is 0 Å². The minimum Gasteiger partial charge on any atom is -0.478 e. The zero-order valence-electron chi connectivity index (χ0n) is 46.8. The van der Waals surface area contributed by atoms with Gasteiger partial charge in [-0.25, -0.2) is 65.6 Å². The lowest BCUT2D eigenvalue weighted by molar-refractivity contribution is -0.128. The molecule has 1 aromatic carbocycles. The molecule has 82 heavy (non-hydrogen) atoms. The maximum Gasteiger partial charge on any atom is 0.341 e. The molecule has 3 N–H and O–H groups in total. The number of hydrogen-bond acceptors (Lipinski definition) is 14. The van der Waals surface area contributed by atoms with Gasteiger partial charge < -0.3 is 34.6 Å². The summed E-state index contributed by atoms with van der Waals surface area (Å²) in [4.78, 5) is 66.6. The van der Waals surface area contributed by atoms with Crippen molar-refractivity contribution >= 4 is 76.3 Å². The number of carboxylic acid groups (broad SMARTS) is 1. The van der Waals surface area contributed by atoms with Gasteiger partial charge in [0.25, 0.3) is 19.3 Å². The van der Waals surface area contributed by atoms with Gasteiger partial charge in [-0.15, -0.1) is 0 Å². The molecule has 1 aliphatic rings. The van der Waals surface area contributed by atoms with Gasteiger partial charge in [-0.3, -0.25) is 9.18 Å². The van der Waals surface area contributed by atoms with E-state index >= 15 is 0 Å². The molecule has 0 spiro atoms. The SMILES string of the molecule is CC.CF.COC(=O)c1ccc(/C=C/N(C)C)nc1Cl.COC(=O)c1ccc(C(F)F)nc1Cl.Cc1ccc(C(=O)O)c(Cl)n1.O=C1CCCN1Cc1ccc(-c2nc(C(F)F)ccc2CO)cc1.OCc1ccc(C(F)F)nc1Cl.[2H]C. The molecule has 1 amide bonds. The zero-order chi connectivity index (χ0) is 63.5. The van der Waals surface area contributed by atoms with Gasteiger partial charge in [0.2, 0.25) is 5.91 Å². The van der Waals surface area contributed by atoms with Crippen LogP contribution in [-0.4, -0.2) is 116 Å². The number of halogens is 11. The van der Waals surface area contributed by atoms with Gasteiger partial charge in [0, 0.05) is 63.6 Å². The van der Waals surface area contributed by atoms with Crippen LogP contribution in [0, 0.1) is 6.92 Å². The number of hydrogen-bond donors (Lipinski definition) is 3. The fraction of sp³-hybridized carbons (Fsp3) is 0.327. The Morgan fingerprint density at radius 3 is 1.54 bits per heavy atom. The average Bonchev–Trinajstić information content (AvgIpc) is 4.05. The van der Waals surface area contributed by atoms with E-state index in [1.165, 1.54) is 45.9 Å². The van der Waals surface area contributed by atoms with E-state index in [2.05, 4.69) is 34.4 Å². The van der Waals surface area contributed by atoms with Gasteiger partial charge in [0.1, 0.15) is 37.7 Å². The monoisotopic (exact) mass is 1240 g/mol. The Hall–Kier alpha value is -7.02. The number of ether oxygens (including phenoxy) is 2. The number of carbonyl (C=O) groups excluding carboxylic acids is 3. The summed E-state index contributed by atoms with van der Waals surface area (Å²) >= 11 is 22.4. The highest BCUT2D eigenvalue weighted by Gasteiger charge is 2.21. The lowest BCUT2D eigenvalue weighted by Gasteiger charge is -2.16. The Balaban J connectivity index is 0.00000102. The molecule has 6 aromatic rings. The molecule has 448 valence electrons. The molecule has 0 unspecified atom stereocenters. The Kier molecular flexibility index (Phi) is 35.1. The molecular weight excluding hydrogens is 1180 g/mol. The molecular formula is C55H62Cl4F7N7O9. The van der Waals surface area contributed by atoms with Crippen LogP contribution in [0.5, 0.6) is 0 Å². The quantitative estimate of drug-likeness (QED) is 0.0556. The van der Waals surface area contributed by atoms with Gasteiger partial charge >= 0.3 is 17.9 Å². The highest BCUT2D eigenvalue weighted by Crippen LogP contribution is 2.28. The van der Waals surface area contributed by atoms with Crippen molar-refractivity contribution in [1.82, 2.24) is 34.7 Å². The van der Waals surface area contributed by atoms with E-state index in [9.17, 15) is 55.0 Å². The summed E-state index contributed by atoms with van der Waals surface area (Å²) in [6.45, 7) is 6.51. The van der Waals surface area contributed by atoms with Crippen molar-refractivity contribution in [1.29, 1.82) is 0 Å². The van der Waals surface area contributed by atoms with Gasteiger partial charge in [0.05, 0.1) is 62.7 Å². The Labute approximate surface area is 491 Å². The molecule has 0 aliphatic carbocycles. The number of nitrogens with zero attached hydrogens (tertiary/aromatic N) is 7. The number of aromatic nitrogens is 5. The van der Waals surface area contributed by atoms with Crippen molar-refractivity contribution in [2.75, 3.05) is 42.0 Å². The first-order valence-electron chi connectivity index (χ1n) is 24.6. The number of benzene rings is 1. The van der Waals surface area contributed by atoms with Crippen molar-refractivity contribution in [3.63, 3.8) is 0 Å². The lowest BCUT2D eigenvalue weighted by atomic mass is 10.0. The van der Waals surface area contributed by atoms with Gasteiger partial charge in [-0.1, -0.05) is 104 Å². The third kappa shape index (κ3) is 25.0. The molecule has 0 saturated carbocycles. The second kappa shape index (κ2) is 39.4. The number of alkyl halides is 7. The van der Waals surface area contributed by atoms with Crippen LogP contribution in [0.25, 0.3) is 17.3 Å². The summed E-state index contributed by atoms with van der Waals surface area (Å²) in [5, 5.41) is 26.4. The first-order chi connectivity index (χ1) is 39.4. The Bertz CT molecular complexity index is 3000. The van der Waals surface area contributed by atoms with Crippen molar-refractivity contribution in [2.24, 2.45) is 0 Å². The van der Waals surface area contributed by atoms with Crippen LogP contribution >= 0.6 is 46.4 Å². The molecule has 6 heterocycles. The first-order valence-corrected chi connectivity index (χ1v) is 25.1. The van der Waals surface area contributed by atoms with Crippen LogP contribution in [-0.2, 0) is 34.0 Å². The average molecular weight is 1240 g/mol. The number of likely N-dealkylation sites (tertiary alicyclic amines) is 1. The minimum absolute atomic E-state index is 0.0291. The zero-order valence-corrected chi connectivity index (χ0v) is 48.8. The highest BCUT2D eigenvalue weighted by atomic mass is 35.5. The molecule has 16 nitrogen and oxygen atoms in total. The predicted octanol–water partition coefficient (Wildman–Crippen LogP) is 14.0. The summed E-state index contributed by atoms with van der Waals surface area (Å²) in [5.74, 6) is -2.08. The molecule has 27 heteroatoms. The second-order valence-electron chi connectivity index (χ2n) is 15.8. The molecule has 0 atom stereocenters. The van der Waals surface area contributed by atoms with Crippen molar-refractivity contribution in [3.8, 4) is 11.3 Å². The topological polar surface area (TPSA) is 218 Å². The molecule has 1 saturated heterocycles. The van der Waals surface area contributed by atoms with Crippen molar-refractivity contribution in [3.05, 3.63) is 174 Å². The summed E-state index contributed by atoms with van der Waals surface area (Å²) < 4.78 is 98.2. The van der Waals surface area contributed by atoms with E-state index in [0.29, 0.717) is 53.9 Å². The Morgan fingerprint density at radius 2 is 1.12 bits per heavy atom. The molecule has 0 bridgehead atoms. The summed E-state index contributed by atoms with van der Waals surface area (Å²) in [5.41, 5.74) is 3.37. The van der Waals surface area contributed by atoms with Crippen LogP contribution in [0.15, 0.2) is 91.1 Å². The number of carbonyl (C=O) groups is 4. The molecule has 7 rings (SSSR count). The van der Waals surface area contributed by atoms with Crippen molar-refractivity contribution in [2.45, 2.75) is 80.1 Å². The second-order valence-corrected chi connectivity index (χ2v) is 17.2. The minimum atomic E-state index is -2.71. The van der Waals surface area contributed by atoms with Gasteiger partial charge in [0.15, 0.2) is 0 Å². The lowest BCUT2D eigenvalue weighted by Crippen LogP contribution is -2.23. The van der Waals surface area contributed by atoms with E-state index in [0.717, 1.165) is 36.7 Å². The van der Waals surface area contributed by atoms with E-state index in [1.54, 1.807) is 43.3 Å². The summed E-state index contributed by atoms with van der Waals surface area (Å²) in [6.07, 6.45) is -2.86. The summed E-state index contributed by atoms with van der Waals surface area (Å²) in [6, 6.07) is 21.0. The standard InChI is InChI=1S/C18H18F2N2O2.C11H13ClN2O2.C8H6ClF2NO2.C7H6ClF2NO.C7H6ClNO2.C2H6.CH3F.CH4/c19-18(20)15-8-7-14(11-23)17(21-15)13-5-3-12(4-6-13)10-22-9-1-2-16(22)24;1-14(2)7-6-8-4-5-9(10(12)13-8)11(15)16-3;1-14-8(13)4-2-3-5(7(10)11)12-6(4)9;8-6-4(3-12)1-2-5(11-6)7(9)10;1-4-2-3-5(7(10)11)6(8)9-4;2*1-2;/h3-8,18,23H,1-2,9-11H2;4-7H,1-3H3;2-3,7H,1H3;1-2,7,12H,3H2;2-3H,1H3,(H,10,11);1-2H3;1H3;1H4/b;7-6+;;;;;;/i;;;;;;;1D. The number of esters is 2. The van der Waals surface area contributed by atoms with Crippen LogP contribution in [0.1, 0.15) is 131 Å². The summed E-state index contributed by atoms with van der Waals surface area (Å²) in [7, 11) is 8.03. The number of rotatable bonds is 13. The number of amides is 1.